The lowest BCUT2D eigenvalue weighted by molar-refractivity contribution is 0.100. The molecule has 4 aromatic rings. The number of nitrogens with two attached hydrogens (primary N) is 1. The number of hydrogen-bond donors (Lipinski definition) is 2. The van der Waals surface area contributed by atoms with Crippen LogP contribution in [0.4, 0.5) is 10.8 Å². The number of imidazole rings is 1. The summed E-state index contributed by atoms with van der Waals surface area (Å²) in [4.78, 5) is 19.8. The van der Waals surface area contributed by atoms with Gasteiger partial charge in [0.15, 0.2) is 5.13 Å². The highest BCUT2D eigenvalue weighted by atomic mass is 32.1. The summed E-state index contributed by atoms with van der Waals surface area (Å²) in [6, 6.07) is 13.2. The molecule has 0 bridgehead atoms. The van der Waals surface area contributed by atoms with Gasteiger partial charge < -0.3 is 15.6 Å². The molecule has 0 saturated heterocycles. The van der Waals surface area contributed by atoms with Gasteiger partial charge in [-0.3, -0.25) is 4.79 Å². The van der Waals surface area contributed by atoms with Crippen LogP contribution < -0.4 is 11.1 Å². The van der Waals surface area contributed by atoms with Crippen LogP contribution in [-0.2, 0) is 0 Å². The molecule has 7 heteroatoms. The number of nitrogens with one attached hydrogen (secondary N) is 1. The van der Waals surface area contributed by atoms with Crippen molar-refractivity contribution in [1.29, 1.82) is 0 Å². The molecule has 0 fully saturated rings. The van der Waals surface area contributed by atoms with Crippen LogP contribution in [-0.4, -0.2) is 20.4 Å². The van der Waals surface area contributed by atoms with Gasteiger partial charge in [-0.1, -0.05) is 11.3 Å². The lowest BCUT2D eigenvalue weighted by Gasteiger charge is -2.05. The number of carbonyl (C=O) groups is 1. The SMILES string of the molecule is NC(=O)c1ccc2nc(Nc3ccc(-n4ccnc4)cc3)sc2c1. The van der Waals surface area contributed by atoms with Crippen molar-refractivity contribution in [3.8, 4) is 5.69 Å². The van der Waals surface area contributed by atoms with Gasteiger partial charge in [-0.2, -0.15) is 0 Å². The normalized spacial score (nSPS) is 10.8. The highest BCUT2D eigenvalue weighted by Gasteiger charge is 2.07. The number of rotatable bonds is 4. The molecular weight excluding hydrogens is 322 g/mol. The maximum absolute atomic E-state index is 11.3. The summed E-state index contributed by atoms with van der Waals surface area (Å²) in [6.45, 7) is 0. The second kappa shape index (κ2) is 5.78. The predicted molar refractivity (Wildman–Crippen MR) is 95.0 cm³/mol. The lowest BCUT2D eigenvalue weighted by atomic mass is 10.2. The third-order valence-corrected chi connectivity index (χ3v) is 4.53. The predicted octanol–water partition coefficient (Wildman–Crippen LogP) is 3.32. The Hall–Kier alpha value is -3.19. The van der Waals surface area contributed by atoms with Crippen LogP contribution >= 0.6 is 11.3 Å². The van der Waals surface area contributed by atoms with Crippen molar-refractivity contribution in [3.63, 3.8) is 0 Å². The molecule has 0 atom stereocenters. The zero-order valence-corrected chi connectivity index (χ0v) is 13.3. The van der Waals surface area contributed by atoms with Gasteiger partial charge in [0, 0.05) is 29.3 Å². The molecule has 0 spiro atoms. The van der Waals surface area contributed by atoms with Gasteiger partial charge in [-0.15, -0.1) is 0 Å². The summed E-state index contributed by atoms with van der Waals surface area (Å²) >= 11 is 1.48. The van der Waals surface area contributed by atoms with Gasteiger partial charge in [0.05, 0.1) is 16.5 Å². The van der Waals surface area contributed by atoms with E-state index in [0.717, 1.165) is 26.7 Å². The first kappa shape index (κ1) is 14.4. The summed E-state index contributed by atoms with van der Waals surface area (Å²) < 4.78 is 2.86. The number of fused-ring (bicyclic) bond motifs is 1. The van der Waals surface area contributed by atoms with Crippen molar-refractivity contribution in [1.82, 2.24) is 14.5 Å². The molecule has 6 nitrogen and oxygen atoms in total. The summed E-state index contributed by atoms with van der Waals surface area (Å²) in [5, 5.41) is 4.05. The highest BCUT2D eigenvalue weighted by Crippen LogP contribution is 2.29. The molecule has 2 aromatic carbocycles. The fraction of sp³-hybridized carbons (Fsp3) is 0. The van der Waals surface area contributed by atoms with Crippen LogP contribution in [0.5, 0.6) is 0 Å². The molecule has 1 amide bonds. The summed E-state index contributed by atoms with van der Waals surface area (Å²) in [7, 11) is 0. The average Bonchev–Trinajstić information content (AvgIpc) is 3.24. The third kappa shape index (κ3) is 2.72. The Labute approximate surface area is 141 Å². The minimum absolute atomic E-state index is 0.435. The monoisotopic (exact) mass is 335 g/mol. The second-order valence-corrected chi connectivity index (χ2v) is 6.24. The maximum Gasteiger partial charge on any atom is 0.248 e. The molecule has 0 saturated carbocycles. The molecule has 2 aromatic heterocycles. The maximum atomic E-state index is 11.3. The number of carbonyl (C=O) groups excluding carboxylic acids is 1. The minimum Gasteiger partial charge on any atom is -0.366 e. The quantitative estimate of drug-likeness (QED) is 0.599. The van der Waals surface area contributed by atoms with E-state index in [1.165, 1.54) is 11.3 Å². The van der Waals surface area contributed by atoms with E-state index in [4.69, 9.17) is 5.73 Å². The molecule has 0 radical (unpaired) electrons. The lowest BCUT2D eigenvalue weighted by Crippen LogP contribution is -2.10. The number of hydrogen-bond acceptors (Lipinski definition) is 5. The Morgan fingerprint density at radius 3 is 2.71 bits per heavy atom. The largest absolute Gasteiger partial charge is 0.366 e. The third-order valence-electron chi connectivity index (χ3n) is 3.59. The molecule has 118 valence electrons. The summed E-state index contributed by atoms with van der Waals surface area (Å²) in [5.74, 6) is -0.435. The summed E-state index contributed by atoms with van der Waals surface area (Å²) in [6.07, 6.45) is 5.40. The number of primary amides is 1. The summed E-state index contributed by atoms with van der Waals surface area (Å²) in [5.41, 5.74) is 8.61. The van der Waals surface area contributed by atoms with Crippen molar-refractivity contribution in [2.75, 3.05) is 5.32 Å². The second-order valence-electron chi connectivity index (χ2n) is 5.21. The van der Waals surface area contributed by atoms with Gasteiger partial charge >= 0.3 is 0 Å². The van der Waals surface area contributed by atoms with E-state index >= 15 is 0 Å². The van der Waals surface area contributed by atoms with Crippen LogP contribution in [0.15, 0.2) is 61.2 Å². The van der Waals surface area contributed by atoms with E-state index in [2.05, 4.69) is 15.3 Å². The number of aromatic nitrogens is 3. The van der Waals surface area contributed by atoms with Crippen LogP contribution in [0, 0.1) is 0 Å². The molecule has 4 rings (SSSR count). The van der Waals surface area contributed by atoms with Gasteiger partial charge in [-0.05, 0) is 42.5 Å². The molecule has 0 aliphatic rings. The first-order valence-corrected chi connectivity index (χ1v) is 8.06. The van der Waals surface area contributed by atoms with Crippen molar-refractivity contribution in [2.24, 2.45) is 5.73 Å². The van der Waals surface area contributed by atoms with Crippen LogP contribution in [0.25, 0.3) is 15.9 Å². The Balaban J connectivity index is 1.58. The van der Waals surface area contributed by atoms with E-state index in [0.29, 0.717) is 5.56 Å². The topological polar surface area (TPSA) is 85.8 Å². The van der Waals surface area contributed by atoms with Crippen LogP contribution in [0.2, 0.25) is 0 Å². The molecule has 2 heterocycles. The smallest absolute Gasteiger partial charge is 0.248 e. The van der Waals surface area contributed by atoms with Gasteiger partial charge in [0.2, 0.25) is 5.91 Å². The molecule has 0 unspecified atom stereocenters. The number of benzene rings is 2. The number of thiazole rings is 1. The van der Waals surface area contributed by atoms with E-state index in [1.54, 1.807) is 30.7 Å². The van der Waals surface area contributed by atoms with Crippen LogP contribution in [0.1, 0.15) is 10.4 Å². The number of nitrogens with zero attached hydrogens (tertiary/aromatic N) is 3. The Morgan fingerprint density at radius 2 is 2.00 bits per heavy atom. The standard InChI is InChI=1S/C17H13N5OS/c18-16(23)11-1-6-14-15(9-11)24-17(21-14)20-12-2-4-13(5-3-12)22-8-7-19-10-22/h1-10H,(H2,18,23)(H,20,21). The first-order valence-electron chi connectivity index (χ1n) is 7.25. The number of amides is 1. The average molecular weight is 335 g/mol. The van der Waals surface area contributed by atoms with Crippen LogP contribution in [0.3, 0.4) is 0 Å². The van der Waals surface area contributed by atoms with Gasteiger partial charge in [0.25, 0.3) is 0 Å². The van der Waals surface area contributed by atoms with Gasteiger partial charge in [0.1, 0.15) is 0 Å². The first-order chi connectivity index (χ1) is 11.7. The molecule has 3 N–H and O–H groups in total. The number of anilines is 2. The van der Waals surface area contributed by atoms with Crippen molar-refractivity contribution in [3.05, 3.63) is 66.7 Å². The molecule has 0 aliphatic heterocycles. The van der Waals surface area contributed by atoms with Crippen molar-refractivity contribution in [2.45, 2.75) is 0 Å². The Morgan fingerprint density at radius 1 is 1.17 bits per heavy atom. The molecule has 0 aliphatic carbocycles. The Kier molecular flexibility index (Phi) is 3.47. The van der Waals surface area contributed by atoms with E-state index < -0.39 is 5.91 Å². The van der Waals surface area contributed by atoms with Gasteiger partial charge in [-0.25, -0.2) is 9.97 Å². The van der Waals surface area contributed by atoms with Crippen molar-refractivity contribution < 1.29 is 4.79 Å². The fourth-order valence-electron chi connectivity index (χ4n) is 2.38. The zero-order chi connectivity index (χ0) is 16.5. The molecular formula is C17H13N5OS. The highest BCUT2D eigenvalue weighted by molar-refractivity contribution is 7.22. The minimum atomic E-state index is -0.435. The zero-order valence-electron chi connectivity index (χ0n) is 12.5. The van der Waals surface area contributed by atoms with E-state index in [-0.39, 0.29) is 0 Å². The Bertz CT molecular complexity index is 1010. The molecule has 24 heavy (non-hydrogen) atoms. The van der Waals surface area contributed by atoms with E-state index in [1.807, 2.05) is 35.0 Å². The van der Waals surface area contributed by atoms with E-state index in [9.17, 15) is 4.79 Å². The van der Waals surface area contributed by atoms with Crippen molar-refractivity contribution >= 4 is 38.3 Å². The fourth-order valence-corrected chi connectivity index (χ4v) is 3.31.